The van der Waals surface area contributed by atoms with E-state index in [0.29, 0.717) is 38.0 Å². The van der Waals surface area contributed by atoms with Crippen LogP contribution in [-0.4, -0.2) is 54.7 Å². The predicted molar refractivity (Wildman–Crippen MR) is 102 cm³/mol. The normalized spacial score (nSPS) is 14.5. The zero-order valence-electron chi connectivity index (χ0n) is 16.2. The molecule has 2 aromatic rings. The molecular weight excluding hydrogens is 362 g/mol. The van der Waals surface area contributed by atoms with E-state index in [1.165, 1.54) is 0 Å². The van der Waals surface area contributed by atoms with E-state index in [-0.39, 0.29) is 25.0 Å². The Hall–Kier alpha value is -3.03. The third-order valence-electron chi connectivity index (χ3n) is 4.48. The van der Waals surface area contributed by atoms with E-state index >= 15 is 0 Å². The van der Waals surface area contributed by atoms with Crippen molar-refractivity contribution < 1.29 is 23.5 Å². The molecule has 150 valence electrons. The minimum atomic E-state index is -0.490. The minimum Gasteiger partial charge on any atom is -0.461 e. The van der Waals surface area contributed by atoms with Crippen LogP contribution in [0.3, 0.4) is 0 Å². The van der Waals surface area contributed by atoms with Crippen molar-refractivity contribution in [2.75, 3.05) is 37.7 Å². The molecule has 1 amide bonds. The Balaban J connectivity index is 1.56. The highest BCUT2D eigenvalue weighted by Gasteiger charge is 2.25. The Morgan fingerprint density at radius 1 is 1.11 bits per heavy atom. The number of anilines is 1. The summed E-state index contributed by atoms with van der Waals surface area (Å²) in [5.41, 5.74) is 1.15. The van der Waals surface area contributed by atoms with Gasteiger partial charge in [0, 0.05) is 26.2 Å². The number of esters is 1. The van der Waals surface area contributed by atoms with Crippen LogP contribution in [0.2, 0.25) is 0 Å². The molecule has 1 aliphatic heterocycles. The summed E-state index contributed by atoms with van der Waals surface area (Å²) in [6.07, 6.45) is 0.415. The van der Waals surface area contributed by atoms with Crippen molar-refractivity contribution in [2.45, 2.75) is 26.9 Å². The van der Waals surface area contributed by atoms with Gasteiger partial charge in [-0.15, -0.1) is 0 Å². The predicted octanol–water partition coefficient (Wildman–Crippen LogP) is 3.01. The summed E-state index contributed by atoms with van der Waals surface area (Å²) in [5, 5.41) is 0. The van der Waals surface area contributed by atoms with Gasteiger partial charge in [0.1, 0.15) is 12.4 Å². The van der Waals surface area contributed by atoms with Crippen molar-refractivity contribution >= 4 is 18.1 Å². The number of aryl methyl sites for hydroxylation is 1. The molecular formula is C20H25N3O5. The molecule has 0 spiro atoms. The second-order valence-electron chi connectivity index (χ2n) is 6.49. The average molecular weight is 387 g/mol. The van der Waals surface area contributed by atoms with Crippen LogP contribution < -0.4 is 4.90 Å². The molecule has 8 nitrogen and oxygen atoms in total. The molecule has 2 heterocycles. The van der Waals surface area contributed by atoms with Gasteiger partial charge in [-0.1, -0.05) is 30.3 Å². The number of rotatable bonds is 5. The minimum absolute atomic E-state index is 0.195. The van der Waals surface area contributed by atoms with E-state index < -0.39 is 5.97 Å². The lowest BCUT2D eigenvalue weighted by molar-refractivity contribution is 0.0518. The summed E-state index contributed by atoms with van der Waals surface area (Å²) in [5.74, 6) is -0.0623. The fourth-order valence-electron chi connectivity index (χ4n) is 3.01. The number of carbonyl (C=O) groups is 2. The first-order valence-electron chi connectivity index (χ1n) is 9.43. The molecule has 1 fully saturated rings. The molecule has 28 heavy (non-hydrogen) atoms. The second-order valence-corrected chi connectivity index (χ2v) is 6.49. The molecule has 0 aliphatic carbocycles. The van der Waals surface area contributed by atoms with E-state index in [2.05, 4.69) is 4.98 Å². The Morgan fingerprint density at radius 2 is 1.89 bits per heavy atom. The number of oxazole rings is 1. The van der Waals surface area contributed by atoms with Crippen LogP contribution in [0, 0.1) is 6.92 Å². The van der Waals surface area contributed by atoms with Crippen LogP contribution >= 0.6 is 0 Å². The highest BCUT2D eigenvalue weighted by atomic mass is 16.6. The van der Waals surface area contributed by atoms with Crippen LogP contribution in [0.1, 0.15) is 35.2 Å². The Kier molecular flexibility index (Phi) is 6.52. The standard InChI is InChI=1S/C20H25N3O5/c1-3-26-18(24)17-15(2)28-19(21-17)22-10-7-11-23(13-12-22)20(25)27-14-16-8-5-4-6-9-16/h4-6,8-9H,3,7,10-14H2,1-2H3. The fraction of sp³-hybridized carbons (Fsp3) is 0.450. The van der Waals surface area contributed by atoms with Crippen LogP contribution in [0.5, 0.6) is 0 Å². The Bertz CT molecular complexity index is 805. The van der Waals surface area contributed by atoms with Gasteiger partial charge < -0.3 is 23.7 Å². The van der Waals surface area contributed by atoms with Gasteiger partial charge in [-0.2, -0.15) is 4.98 Å². The first-order valence-corrected chi connectivity index (χ1v) is 9.43. The number of carbonyl (C=O) groups excluding carboxylic acids is 2. The highest BCUT2D eigenvalue weighted by Crippen LogP contribution is 2.21. The van der Waals surface area contributed by atoms with Gasteiger partial charge in [0.15, 0.2) is 5.69 Å². The van der Waals surface area contributed by atoms with Crippen molar-refractivity contribution in [3.63, 3.8) is 0 Å². The molecule has 0 radical (unpaired) electrons. The van der Waals surface area contributed by atoms with E-state index in [9.17, 15) is 9.59 Å². The van der Waals surface area contributed by atoms with Crippen molar-refractivity contribution in [1.82, 2.24) is 9.88 Å². The van der Waals surface area contributed by atoms with E-state index in [1.807, 2.05) is 35.2 Å². The summed E-state index contributed by atoms with van der Waals surface area (Å²) < 4.78 is 16.1. The lowest BCUT2D eigenvalue weighted by atomic mass is 10.2. The van der Waals surface area contributed by atoms with Gasteiger partial charge >= 0.3 is 12.1 Å². The monoisotopic (exact) mass is 387 g/mol. The van der Waals surface area contributed by atoms with Crippen LogP contribution in [-0.2, 0) is 16.1 Å². The highest BCUT2D eigenvalue weighted by molar-refractivity contribution is 5.88. The summed E-state index contributed by atoms with van der Waals surface area (Å²) in [6.45, 7) is 6.26. The van der Waals surface area contributed by atoms with E-state index in [0.717, 1.165) is 12.0 Å². The summed E-state index contributed by atoms with van der Waals surface area (Å²) in [7, 11) is 0. The number of ether oxygens (including phenoxy) is 2. The maximum Gasteiger partial charge on any atom is 0.410 e. The Morgan fingerprint density at radius 3 is 2.64 bits per heavy atom. The topological polar surface area (TPSA) is 85.1 Å². The third-order valence-corrected chi connectivity index (χ3v) is 4.48. The number of aromatic nitrogens is 1. The summed E-state index contributed by atoms with van der Waals surface area (Å²) in [4.78, 5) is 32.2. The quantitative estimate of drug-likeness (QED) is 0.729. The largest absolute Gasteiger partial charge is 0.461 e. The summed E-state index contributed by atoms with van der Waals surface area (Å²) >= 11 is 0. The number of hydrogen-bond donors (Lipinski definition) is 0. The molecule has 8 heteroatoms. The van der Waals surface area contributed by atoms with Crippen LogP contribution in [0.15, 0.2) is 34.7 Å². The number of amides is 1. The number of nitrogens with zero attached hydrogens (tertiary/aromatic N) is 3. The molecule has 1 saturated heterocycles. The van der Waals surface area contributed by atoms with E-state index in [4.69, 9.17) is 13.9 Å². The number of hydrogen-bond acceptors (Lipinski definition) is 7. The lowest BCUT2D eigenvalue weighted by Gasteiger charge is -2.20. The maximum absolute atomic E-state index is 12.4. The molecule has 0 N–H and O–H groups in total. The SMILES string of the molecule is CCOC(=O)c1nc(N2CCCN(C(=O)OCc3ccccc3)CC2)oc1C. The van der Waals surface area contributed by atoms with E-state index in [1.54, 1.807) is 18.7 Å². The van der Waals surface area contributed by atoms with Crippen molar-refractivity contribution in [2.24, 2.45) is 0 Å². The lowest BCUT2D eigenvalue weighted by Crippen LogP contribution is -2.35. The molecule has 3 rings (SSSR count). The molecule has 1 aliphatic rings. The van der Waals surface area contributed by atoms with Gasteiger partial charge in [0.05, 0.1) is 6.61 Å². The fourth-order valence-corrected chi connectivity index (χ4v) is 3.01. The molecule has 0 bridgehead atoms. The average Bonchev–Trinajstić information content (AvgIpc) is 2.93. The molecule has 1 aromatic heterocycles. The molecule has 1 aromatic carbocycles. The maximum atomic E-state index is 12.4. The zero-order valence-corrected chi connectivity index (χ0v) is 16.2. The van der Waals surface area contributed by atoms with Crippen molar-refractivity contribution in [3.8, 4) is 0 Å². The molecule has 0 unspecified atom stereocenters. The third kappa shape index (κ3) is 4.82. The molecule has 0 atom stereocenters. The van der Waals surface area contributed by atoms with Gasteiger partial charge in [0.25, 0.3) is 6.01 Å². The Labute approximate surface area is 164 Å². The zero-order chi connectivity index (χ0) is 19.9. The first kappa shape index (κ1) is 19.7. The van der Waals surface area contributed by atoms with Gasteiger partial charge in [0.2, 0.25) is 0 Å². The number of benzene rings is 1. The smallest absolute Gasteiger partial charge is 0.410 e. The first-order chi connectivity index (χ1) is 13.6. The van der Waals surface area contributed by atoms with Gasteiger partial charge in [-0.3, -0.25) is 0 Å². The molecule has 0 saturated carbocycles. The van der Waals surface area contributed by atoms with Gasteiger partial charge in [-0.25, -0.2) is 9.59 Å². The second kappa shape index (κ2) is 9.25. The van der Waals surface area contributed by atoms with Gasteiger partial charge in [-0.05, 0) is 25.8 Å². The van der Waals surface area contributed by atoms with Crippen molar-refractivity contribution in [3.05, 3.63) is 47.3 Å². The van der Waals surface area contributed by atoms with Crippen LogP contribution in [0.25, 0.3) is 0 Å². The van der Waals surface area contributed by atoms with Crippen molar-refractivity contribution in [1.29, 1.82) is 0 Å². The summed E-state index contributed by atoms with van der Waals surface area (Å²) in [6, 6.07) is 9.96. The van der Waals surface area contributed by atoms with Crippen LogP contribution in [0.4, 0.5) is 10.8 Å².